The molecule has 1 spiro atoms. The van der Waals surface area contributed by atoms with E-state index in [1.165, 1.54) is 12.1 Å². The molecule has 2 atom stereocenters. The van der Waals surface area contributed by atoms with Crippen molar-refractivity contribution in [3.63, 3.8) is 0 Å². The predicted molar refractivity (Wildman–Crippen MR) is 135 cm³/mol. The van der Waals surface area contributed by atoms with E-state index in [0.29, 0.717) is 5.92 Å². The molecule has 11 heteroatoms. The number of hydrogen-bond acceptors (Lipinski definition) is 6. The van der Waals surface area contributed by atoms with Crippen molar-refractivity contribution in [1.29, 1.82) is 0 Å². The fourth-order valence-corrected chi connectivity index (χ4v) is 6.47. The fraction of sp³-hybridized carbons (Fsp3) is 0.462. The molecule has 1 aliphatic carbocycles. The van der Waals surface area contributed by atoms with Gasteiger partial charge in [0.1, 0.15) is 5.82 Å². The first-order valence-electron chi connectivity index (χ1n) is 12.5. The van der Waals surface area contributed by atoms with Gasteiger partial charge in [-0.3, -0.25) is 4.40 Å². The number of nitrogens with zero attached hydrogens (tertiary/aromatic N) is 7. The topological polar surface area (TPSA) is 64.1 Å². The van der Waals surface area contributed by atoms with E-state index in [2.05, 4.69) is 25.3 Å². The molecule has 2 unspecified atom stereocenters. The number of pyridine rings is 1. The number of likely N-dealkylation sites (tertiary alicyclic amines) is 1. The number of benzene rings is 1. The summed E-state index contributed by atoms with van der Waals surface area (Å²) in [6.07, 6.45) is 0.947. The number of rotatable bonds is 7. The average Bonchev–Trinajstić information content (AvgIpc) is 3.11. The summed E-state index contributed by atoms with van der Waals surface area (Å²) in [6.45, 7) is 5.02. The lowest BCUT2D eigenvalue weighted by Gasteiger charge is -2.16. The second-order valence-corrected chi connectivity index (χ2v) is 11.3. The highest BCUT2D eigenvalue weighted by atomic mass is 32.2. The summed E-state index contributed by atoms with van der Waals surface area (Å²) in [5.74, 6) is 2.96. The van der Waals surface area contributed by atoms with Gasteiger partial charge < -0.3 is 9.47 Å². The Balaban J connectivity index is 0.997. The smallest absolute Gasteiger partial charge is 0.305 e. The Morgan fingerprint density at radius 2 is 1.86 bits per heavy atom. The molecular formula is C26H28F3N7S. The van der Waals surface area contributed by atoms with Gasteiger partial charge in [0.25, 0.3) is 0 Å². The summed E-state index contributed by atoms with van der Waals surface area (Å²) in [7, 11) is 1.99. The lowest BCUT2D eigenvalue weighted by atomic mass is 9.97. The zero-order chi connectivity index (χ0) is 25.8. The summed E-state index contributed by atoms with van der Waals surface area (Å²) in [6, 6.07) is 9.70. The van der Waals surface area contributed by atoms with Crippen molar-refractivity contribution in [2.75, 3.05) is 25.4 Å². The van der Waals surface area contributed by atoms with Gasteiger partial charge in [-0.1, -0.05) is 23.9 Å². The maximum atomic E-state index is 12.9. The Hall–Kier alpha value is -2.92. The molecule has 2 fully saturated rings. The minimum atomic E-state index is -4.28. The molecule has 0 radical (unpaired) electrons. The number of halogens is 3. The van der Waals surface area contributed by atoms with E-state index in [0.717, 1.165) is 78.2 Å². The summed E-state index contributed by atoms with van der Waals surface area (Å²) in [5, 5.41) is 17.9. The van der Waals surface area contributed by atoms with E-state index in [4.69, 9.17) is 0 Å². The number of hydrogen-bond donors (Lipinski definition) is 0. The van der Waals surface area contributed by atoms with Gasteiger partial charge in [-0.05, 0) is 80.4 Å². The number of aryl methyl sites for hydroxylation is 1. The van der Waals surface area contributed by atoms with Crippen molar-refractivity contribution in [1.82, 2.24) is 34.3 Å². The lowest BCUT2D eigenvalue weighted by Crippen LogP contribution is -2.23. The quantitative estimate of drug-likeness (QED) is 0.243. The minimum absolute atomic E-state index is 0.246. The first-order chi connectivity index (χ1) is 17.7. The number of fused-ring (bicyclic) bond motifs is 1. The van der Waals surface area contributed by atoms with Gasteiger partial charge in [0.2, 0.25) is 0 Å². The molecule has 4 heterocycles. The fourth-order valence-electron chi connectivity index (χ4n) is 5.63. The molecule has 6 rings (SSSR count). The number of thioether (sulfide) groups is 1. The van der Waals surface area contributed by atoms with Gasteiger partial charge in [0.05, 0.1) is 5.56 Å². The Morgan fingerprint density at radius 3 is 2.65 bits per heavy atom. The van der Waals surface area contributed by atoms with Crippen LogP contribution in [0.15, 0.2) is 47.8 Å². The van der Waals surface area contributed by atoms with E-state index < -0.39 is 11.7 Å². The van der Waals surface area contributed by atoms with Crippen molar-refractivity contribution in [2.45, 2.75) is 43.4 Å². The molecule has 1 saturated heterocycles. The zero-order valence-corrected chi connectivity index (χ0v) is 21.6. The Labute approximate surface area is 217 Å². The molecule has 0 bridgehead atoms. The Morgan fingerprint density at radius 1 is 1.05 bits per heavy atom. The third kappa shape index (κ3) is 4.63. The van der Waals surface area contributed by atoms with Gasteiger partial charge >= 0.3 is 6.18 Å². The van der Waals surface area contributed by atoms with Crippen molar-refractivity contribution in [3.05, 3.63) is 59.5 Å². The predicted octanol–water partition coefficient (Wildman–Crippen LogP) is 5.21. The van der Waals surface area contributed by atoms with Crippen LogP contribution in [-0.4, -0.2) is 59.6 Å². The molecular weight excluding hydrogens is 499 g/mol. The SMILES string of the molecule is Cc1nnc2ccc(-c3nnc(SCCCN4CCC5(CC5c5ccc(C(F)(F)F)cc5)C4)n3C)cn12. The van der Waals surface area contributed by atoms with Crippen LogP contribution in [0.1, 0.15) is 42.1 Å². The third-order valence-corrected chi connectivity index (χ3v) is 8.92. The van der Waals surface area contributed by atoms with E-state index in [1.807, 2.05) is 41.3 Å². The normalized spacial score (nSPS) is 21.9. The van der Waals surface area contributed by atoms with Crippen molar-refractivity contribution < 1.29 is 13.2 Å². The molecule has 194 valence electrons. The Bertz CT molecular complexity index is 1430. The second-order valence-electron chi connectivity index (χ2n) is 10.2. The van der Waals surface area contributed by atoms with Gasteiger partial charge in [0, 0.05) is 31.1 Å². The molecule has 3 aromatic heterocycles. The first kappa shape index (κ1) is 24.4. The van der Waals surface area contributed by atoms with Crippen molar-refractivity contribution >= 4 is 17.4 Å². The van der Waals surface area contributed by atoms with Crippen LogP contribution in [-0.2, 0) is 13.2 Å². The second kappa shape index (κ2) is 9.13. The van der Waals surface area contributed by atoms with Crippen LogP contribution < -0.4 is 0 Å². The van der Waals surface area contributed by atoms with Gasteiger partial charge in [-0.25, -0.2) is 0 Å². The van der Waals surface area contributed by atoms with Crippen LogP contribution in [0, 0.1) is 12.3 Å². The summed E-state index contributed by atoms with van der Waals surface area (Å²) in [4.78, 5) is 2.50. The molecule has 7 nitrogen and oxygen atoms in total. The lowest BCUT2D eigenvalue weighted by molar-refractivity contribution is -0.137. The maximum Gasteiger partial charge on any atom is 0.416 e. The van der Waals surface area contributed by atoms with Crippen LogP contribution in [0.2, 0.25) is 0 Å². The highest BCUT2D eigenvalue weighted by Crippen LogP contribution is 2.64. The average molecular weight is 528 g/mol. The van der Waals surface area contributed by atoms with E-state index in [9.17, 15) is 13.2 Å². The van der Waals surface area contributed by atoms with Crippen molar-refractivity contribution in [3.8, 4) is 11.4 Å². The molecule has 1 saturated carbocycles. The molecule has 2 aliphatic rings. The minimum Gasteiger partial charge on any atom is -0.305 e. The number of aromatic nitrogens is 6. The van der Waals surface area contributed by atoms with Crippen LogP contribution in [0.4, 0.5) is 13.2 Å². The molecule has 37 heavy (non-hydrogen) atoms. The number of alkyl halides is 3. The standard InChI is InChI=1S/C26H28F3N7S/c1-17-30-31-22-9-6-19(15-36(17)22)23-32-33-24(34(23)2)37-13-3-11-35-12-10-25(16-35)14-21(25)18-4-7-20(8-5-18)26(27,28)29/h4-9,15,21H,3,10-14,16H2,1-2H3. The molecule has 0 amide bonds. The highest BCUT2D eigenvalue weighted by Gasteiger charge is 2.57. The van der Waals surface area contributed by atoms with Crippen LogP contribution >= 0.6 is 11.8 Å². The Kier molecular flexibility index (Phi) is 6.02. The largest absolute Gasteiger partial charge is 0.416 e. The molecule has 0 N–H and O–H groups in total. The summed E-state index contributed by atoms with van der Waals surface area (Å²) < 4.78 is 42.6. The van der Waals surface area contributed by atoms with Crippen LogP contribution in [0.5, 0.6) is 0 Å². The molecule has 1 aromatic carbocycles. The van der Waals surface area contributed by atoms with Crippen molar-refractivity contribution in [2.24, 2.45) is 12.5 Å². The zero-order valence-electron chi connectivity index (χ0n) is 20.7. The summed E-state index contributed by atoms with van der Waals surface area (Å²) in [5.41, 5.74) is 2.49. The van der Waals surface area contributed by atoms with E-state index >= 15 is 0 Å². The van der Waals surface area contributed by atoms with E-state index in [1.54, 1.807) is 23.9 Å². The van der Waals surface area contributed by atoms with Gasteiger partial charge in [-0.2, -0.15) is 13.2 Å². The van der Waals surface area contributed by atoms with E-state index in [-0.39, 0.29) is 5.41 Å². The molecule has 4 aromatic rings. The highest BCUT2D eigenvalue weighted by molar-refractivity contribution is 7.99. The third-order valence-electron chi connectivity index (χ3n) is 7.81. The van der Waals surface area contributed by atoms with Crippen LogP contribution in [0.25, 0.3) is 17.0 Å². The maximum absolute atomic E-state index is 12.9. The van der Waals surface area contributed by atoms with Gasteiger partial charge in [-0.15, -0.1) is 20.4 Å². The monoisotopic (exact) mass is 527 g/mol. The first-order valence-corrected chi connectivity index (χ1v) is 13.5. The van der Waals surface area contributed by atoms with Gasteiger partial charge in [0.15, 0.2) is 16.6 Å². The summed E-state index contributed by atoms with van der Waals surface area (Å²) >= 11 is 1.71. The molecule has 1 aliphatic heterocycles. The van der Waals surface area contributed by atoms with Crippen LogP contribution in [0.3, 0.4) is 0 Å².